The van der Waals surface area contributed by atoms with E-state index in [1.54, 1.807) is 17.8 Å². The van der Waals surface area contributed by atoms with E-state index in [-0.39, 0.29) is 11.9 Å². The van der Waals surface area contributed by atoms with Gasteiger partial charge in [0.25, 0.3) is 0 Å². The molecule has 0 saturated carbocycles. The minimum atomic E-state index is -0.213. The number of thioether (sulfide) groups is 1. The molecule has 1 atom stereocenters. The van der Waals surface area contributed by atoms with E-state index in [4.69, 9.17) is 5.84 Å². The number of nitrogens with one attached hydrogen (secondary N) is 1. The lowest BCUT2D eigenvalue weighted by Gasteiger charge is -2.15. The largest absolute Gasteiger partial charge is 0.272 e. The third-order valence-electron chi connectivity index (χ3n) is 3.04. The van der Waals surface area contributed by atoms with E-state index in [9.17, 15) is 4.39 Å². The summed E-state index contributed by atoms with van der Waals surface area (Å²) in [5, 5.41) is 4.32. The van der Waals surface area contributed by atoms with Gasteiger partial charge >= 0.3 is 0 Å². The van der Waals surface area contributed by atoms with Gasteiger partial charge in [0, 0.05) is 35.9 Å². The average molecular weight is 294 g/mol. The average Bonchev–Trinajstić information content (AvgIpc) is 2.72. The highest BCUT2D eigenvalue weighted by atomic mass is 32.2. The topological polar surface area (TPSA) is 55.9 Å². The van der Waals surface area contributed by atoms with Crippen molar-refractivity contribution in [2.24, 2.45) is 12.9 Å². The first-order valence-corrected chi connectivity index (χ1v) is 7.41. The number of nitrogens with two attached hydrogens (primary N) is 1. The fourth-order valence-corrected chi connectivity index (χ4v) is 3.01. The van der Waals surface area contributed by atoms with Crippen LogP contribution in [-0.2, 0) is 13.5 Å². The Hall–Kier alpha value is -1.37. The van der Waals surface area contributed by atoms with E-state index in [0.717, 1.165) is 28.5 Å². The lowest BCUT2D eigenvalue weighted by atomic mass is 10.2. The van der Waals surface area contributed by atoms with Crippen LogP contribution in [0.5, 0.6) is 0 Å². The van der Waals surface area contributed by atoms with E-state index in [1.807, 2.05) is 24.7 Å². The third kappa shape index (κ3) is 4.06. The molecule has 6 heteroatoms. The Kier molecular flexibility index (Phi) is 5.17. The number of aryl methyl sites for hydroxylation is 2. The molecule has 0 spiro atoms. The van der Waals surface area contributed by atoms with Crippen molar-refractivity contribution in [3.63, 3.8) is 0 Å². The smallest absolute Gasteiger partial charge is 0.124 e. The summed E-state index contributed by atoms with van der Waals surface area (Å²) in [5.74, 6) is 6.16. The summed E-state index contributed by atoms with van der Waals surface area (Å²) in [6.07, 6.45) is 0.788. The lowest BCUT2D eigenvalue weighted by Crippen LogP contribution is -2.39. The number of benzene rings is 1. The normalized spacial score (nSPS) is 12.6. The van der Waals surface area contributed by atoms with Gasteiger partial charge in [-0.1, -0.05) is 6.07 Å². The number of hydrazine groups is 1. The van der Waals surface area contributed by atoms with Crippen molar-refractivity contribution >= 4 is 11.8 Å². The maximum absolute atomic E-state index is 13.1. The molecule has 3 N–H and O–H groups in total. The molecule has 0 aliphatic rings. The zero-order chi connectivity index (χ0) is 14.5. The molecule has 0 fully saturated rings. The Labute approximate surface area is 122 Å². The molecule has 0 amide bonds. The number of rotatable bonds is 6. The number of hydrogen-bond donors (Lipinski definition) is 2. The first-order valence-electron chi connectivity index (χ1n) is 6.42. The molecular formula is C14H19FN4S. The highest BCUT2D eigenvalue weighted by molar-refractivity contribution is 7.99. The highest BCUT2D eigenvalue weighted by Crippen LogP contribution is 2.20. The van der Waals surface area contributed by atoms with Crippen LogP contribution < -0.4 is 11.3 Å². The Morgan fingerprint density at radius 3 is 2.85 bits per heavy atom. The van der Waals surface area contributed by atoms with E-state index < -0.39 is 0 Å². The number of nitrogens with zero attached hydrogens (tertiary/aromatic N) is 2. The molecule has 1 aromatic heterocycles. The van der Waals surface area contributed by atoms with Crippen molar-refractivity contribution in [2.45, 2.75) is 24.3 Å². The van der Waals surface area contributed by atoms with Crippen LogP contribution in [-0.4, -0.2) is 21.6 Å². The van der Waals surface area contributed by atoms with Gasteiger partial charge in [-0.3, -0.25) is 16.0 Å². The van der Waals surface area contributed by atoms with Gasteiger partial charge in [0.05, 0.1) is 5.69 Å². The summed E-state index contributed by atoms with van der Waals surface area (Å²) in [6, 6.07) is 8.76. The second-order valence-corrected chi connectivity index (χ2v) is 5.83. The summed E-state index contributed by atoms with van der Waals surface area (Å²) < 4.78 is 15.0. The zero-order valence-electron chi connectivity index (χ0n) is 11.6. The minimum absolute atomic E-state index is 0.109. The van der Waals surface area contributed by atoms with E-state index in [1.165, 1.54) is 12.1 Å². The summed E-state index contributed by atoms with van der Waals surface area (Å²) in [6.45, 7) is 1.97. The van der Waals surface area contributed by atoms with E-state index >= 15 is 0 Å². The summed E-state index contributed by atoms with van der Waals surface area (Å²) in [5.41, 5.74) is 4.94. The second kappa shape index (κ2) is 6.88. The molecule has 1 aromatic carbocycles. The van der Waals surface area contributed by atoms with Gasteiger partial charge in [-0.05, 0) is 31.2 Å². The maximum atomic E-state index is 13.1. The summed E-state index contributed by atoms with van der Waals surface area (Å²) in [4.78, 5) is 0.909. The van der Waals surface area contributed by atoms with Crippen LogP contribution >= 0.6 is 11.8 Å². The zero-order valence-corrected chi connectivity index (χ0v) is 12.5. The molecule has 108 valence electrons. The first-order chi connectivity index (χ1) is 9.58. The van der Waals surface area contributed by atoms with Crippen molar-refractivity contribution < 1.29 is 4.39 Å². The summed E-state index contributed by atoms with van der Waals surface area (Å²) >= 11 is 1.59. The van der Waals surface area contributed by atoms with Crippen molar-refractivity contribution in [3.05, 3.63) is 47.5 Å². The molecule has 1 unspecified atom stereocenters. The van der Waals surface area contributed by atoms with Crippen LogP contribution in [0, 0.1) is 12.7 Å². The molecule has 1 heterocycles. The minimum Gasteiger partial charge on any atom is -0.272 e. The molecule has 0 radical (unpaired) electrons. The van der Waals surface area contributed by atoms with Crippen molar-refractivity contribution in [1.29, 1.82) is 0 Å². The fourth-order valence-electron chi connectivity index (χ4n) is 2.03. The Bertz CT molecular complexity index is 570. The van der Waals surface area contributed by atoms with Gasteiger partial charge in [0.1, 0.15) is 5.82 Å². The van der Waals surface area contributed by atoms with Crippen LogP contribution in [0.25, 0.3) is 0 Å². The second-order valence-electron chi connectivity index (χ2n) is 4.74. The molecule has 0 bridgehead atoms. The molecule has 0 aliphatic heterocycles. The van der Waals surface area contributed by atoms with Crippen LogP contribution in [0.1, 0.15) is 11.4 Å². The Balaban J connectivity index is 1.94. The maximum Gasteiger partial charge on any atom is 0.124 e. The van der Waals surface area contributed by atoms with Crippen molar-refractivity contribution in [2.75, 3.05) is 5.75 Å². The molecule has 2 rings (SSSR count). The predicted octanol–water partition coefficient (Wildman–Crippen LogP) is 2.03. The Morgan fingerprint density at radius 2 is 2.25 bits per heavy atom. The monoisotopic (exact) mass is 294 g/mol. The highest BCUT2D eigenvalue weighted by Gasteiger charge is 2.12. The van der Waals surface area contributed by atoms with Gasteiger partial charge in [-0.15, -0.1) is 11.8 Å². The van der Waals surface area contributed by atoms with Gasteiger partial charge in [0.15, 0.2) is 0 Å². The molecule has 0 saturated heterocycles. The summed E-state index contributed by atoms with van der Waals surface area (Å²) in [7, 11) is 1.93. The quantitative estimate of drug-likeness (QED) is 0.486. The third-order valence-corrected chi connectivity index (χ3v) is 4.19. The number of hydrogen-bond acceptors (Lipinski definition) is 4. The molecule has 20 heavy (non-hydrogen) atoms. The SMILES string of the molecule is Cc1cc(CC(CSc2cccc(F)c2)NN)n(C)n1. The van der Waals surface area contributed by atoms with Crippen molar-refractivity contribution in [3.8, 4) is 0 Å². The Morgan fingerprint density at radius 1 is 1.45 bits per heavy atom. The van der Waals surface area contributed by atoms with Gasteiger partial charge in [-0.2, -0.15) is 5.10 Å². The van der Waals surface area contributed by atoms with Crippen LogP contribution in [0.2, 0.25) is 0 Å². The molecule has 0 aliphatic carbocycles. The number of halogens is 1. The molecule has 4 nitrogen and oxygen atoms in total. The predicted molar refractivity (Wildman–Crippen MR) is 79.9 cm³/mol. The van der Waals surface area contributed by atoms with Gasteiger partial charge in [0.2, 0.25) is 0 Å². The van der Waals surface area contributed by atoms with Crippen LogP contribution in [0.15, 0.2) is 35.2 Å². The molecular weight excluding hydrogens is 275 g/mol. The van der Waals surface area contributed by atoms with Crippen molar-refractivity contribution in [1.82, 2.24) is 15.2 Å². The van der Waals surface area contributed by atoms with Gasteiger partial charge < -0.3 is 0 Å². The van der Waals surface area contributed by atoms with Gasteiger partial charge in [-0.25, -0.2) is 4.39 Å². The van der Waals surface area contributed by atoms with Crippen LogP contribution in [0.3, 0.4) is 0 Å². The molecule has 2 aromatic rings. The standard InChI is InChI=1S/C14H19FN4S/c1-10-6-13(19(2)18-10)8-12(17-16)9-20-14-5-3-4-11(15)7-14/h3-7,12,17H,8-9,16H2,1-2H3. The fraction of sp³-hybridized carbons (Fsp3) is 0.357. The first kappa shape index (κ1) is 15.0. The van der Waals surface area contributed by atoms with E-state index in [2.05, 4.69) is 16.6 Å². The lowest BCUT2D eigenvalue weighted by molar-refractivity contribution is 0.550. The van der Waals surface area contributed by atoms with E-state index in [0.29, 0.717) is 0 Å². The van der Waals surface area contributed by atoms with Crippen LogP contribution in [0.4, 0.5) is 4.39 Å². The number of aromatic nitrogens is 2.